The first-order valence-corrected chi connectivity index (χ1v) is 8.27. The van der Waals surface area contributed by atoms with E-state index in [1.807, 2.05) is 0 Å². The Bertz CT molecular complexity index is 656. The van der Waals surface area contributed by atoms with Gasteiger partial charge in [-0.3, -0.25) is 4.21 Å². The predicted octanol–water partition coefficient (Wildman–Crippen LogP) is 3.92. The molecule has 0 amide bonds. The molecule has 1 aromatic rings. The highest BCUT2D eigenvalue weighted by Gasteiger charge is 2.34. The fourth-order valence-corrected chi connectivity index (χ4v) is 5.15. The van der Waals surface area contributed by atoms with Crippen LogP contribution in [0.3, 0.4) is 0 Å². The summed E-state index contributed by atoms with van der Waals surface area (Å²) in [6.07, 6.45) is 4.15. The van der Waals surface area contributed by atoms with Crippen LogP contribution in [0, 0.1) is 29.1 Å². The molecule has 0 N–H and O–H groups in total. The van der Waals surface area contributed by atoms with Gasteiger partial charge in [0.1, 0.15) is 0 Å². The average Bonchev–Trinajstić information content (AvgIpc) is 2.48. The van der Waals surface area contributed by atoms with Crippen molar-refractivity contribution in [1.29, 1.82) is 0 Å². The molecule has 22 heavy (non-hydrogen) atoms. The fraction of sp³-hybridized carbons (Fsp3) is 0.467. The molecule has 1 nitrogen and oxygen atoms in total. The lowest BCUT2D eigenvalue weighted by atomic mass is 9.93. The first-order valence-electron chi connectivity index (χ1n) is 6.99. The normalized spacial score (nSPS) is 27.7. The topological polar surface area (TPSA) is 17.1 Å². The summed E-state index contributed by atoms with van der Waals surface area (Å²) in [6.45, 7) is 0. The smallest absolute Gasteiger partial charge is 0.200 e. The van der Waals surface area contributed by atoms with Crippen molar-refractivity contribution < 1.29 is 26.2 Å². The van der Waals surface area contributed by atoms with E-state index in [1.54, 1.807) is 6.08 Å². The number of fused-ring (bicyclic) bond motifs is 2. The Kier molecular flexibility index (Phi) is 4.09. The van der Waals surface area contributed by atoms with Crippen molar-refractivity contribution in [3.8, 4) is 0 Å². The molecule has 0 spiro atoms. The molecule has 3 unspecified atom stereocenters. The SMILES string of the molecule is O=S1C2C=C(Cc3c(F)c(F)c(F)c(F)c3F)CC1CCC2. The van der Waals surface area contributed by atoms with E-state index in [1.165, 1.54) is 0 Å². The molecule has 2 aliphatic heterocycles. The van der Waals surface area contributed by atoms with Gasteiger partial charge in [0, 0.05) is 21.6 Å². The minimum absolute atomic E-state index is 0.0833. The van der Waals surface area contributed by atoms with Crippen LogP contribution in [0.5, 0.6) is 0 Å². The summed E-state index contributed by atoms with van der Waals surface area (Å²) < 4.78 is 78.9. The van der Waals surface area contributed by atoms with E-state index in [0.717, 1.165) is 19.3 Å². The van der Waals surface area contributed by atoms with Crippen molar-refractivity contribution >= 4 is 10.8 Å². The van der Waals surface area contributed by atoms with E-state index in [2.05, 4.69) is 0 Å². The molecule has 2 aliphatic rings. The highest BCUT2D eigenvalue weighted by molar-refractivity contribution is 7.86. The van der Waals surface area contributed by atoms with Crippen LogP contribution >= 0.6 is 0 Å². The van der Waals surface area contributed by atoms with Crippen molar-refractivity contribution in [2.24, 2.45) is 0 Å². The Morgan fingerprint density at radius 2 is 1.55 bits per heavy atom. The van der Waals surface area contributed by atoms with Crippen molar-refractivity contribution in [3.63, 3.8) is 0 Å². The Hall–Kier alpha value is -1.24. The summed E-state index contributed by atoms with van der Waals surface area (Å²) in [5.41, 5.74) is -0.217. The molecular formula is C15H13F5OS. The van der Waals surface area contributed by atoms with Crippen molar-refractivity contribution in [2.75, 3.05) is 0 Å². The molecule has 3 atom stereocenters. The van der Waals surface area contributed by atoms with Crippen LogP contribution < -0.4 is 0 Å². The van der Waals surface area contributed by atoms with Crippen LogP contribution in [-0.2, 0) is 17.2 Å². The zero-order valence-electron chi connectivity index (χ0n) is 11.5. The number of halogens is 5. The standard InChI is InChI=1S/C15H13F5OS/c16-11-10(12(17)14(19)15(20)13(11)18)6-7-4-8-2-1-3-9(5-7)22(8)21/h4,8-9H,1-3,5-6H2. The molecular weight excluding hydrogens is 323 g/mol. The van der Waals surface area contributed by atoms with Gasteiger partial charge in [-0.2, -0.15) is 0 Å². The van der Waals surface area contributed by atoms with Crippen molar-refractivity contribution in [3.05, 3.63) is 46.3 Å². The van der Waals surface area contributed by atoms with Crippen LogP contribution in [0.2, 0.25) is 0 Å². The Morgan fingerprint density at radius 1 is 0.955 bits per heavy atom. The quantitative estimate of drug-likeness (QED) is 0.346. The number of rotatable bonds is 2. The van der Waals surface area contributed by atoms with E-state index < -0.39 is 45.4 Å². The van der Waals surface area contributed by atoms with E-state index in [9.17, 15) is 26.2 Å². The molecule has 1 fully saturated rings. The van der Waals surface area contributed by atoms with Crippen LogP contribution in [-0.4, -0.2) is 14.7 Å². The lowest BCUT2D eigenvalue weighted by Crippen LogP contribution is -2.34. The molecule has 3 rings (SSSR count). The third-order valence-electron chi connectivity index (χ3n) is 4.26. The first kappa shape index (κ1) is 15.6. The van der Waals surface area contributed by atoms with Crippen LogP contribution in [0.15, 0.2) is 11.6 Å². The van der Waals surface area contributed by atoms with Gasteiger partial charge in [-0.25, -0.2) is 22.0 Å². The second-order valence-electron chi connectivity index (χ2n) is 5.67. The minimum Gasteiger partial charge on any atom is -0.259 e. The zero-order valence-corrected chi connectivity index (χ0v) is 12.3. The van der Waals surface area contributed by atoms with Gasteiger partial charge in [-0.15, -0.1) is 0 Å². The minimum atomic E-state index is -2.14. The van der Waals surface area contributed by atoms with Gasteiger partial charge in [0.25, 0.3) is 0 Å². The summed E-state index contributed by atoms with van der Waals surface area (Å²) in [5, 5.41) is -0.260. The molecule has 0 saturated carbocycles. The maximum atomic E-state index is 13.7. The molecule has 0 aliphatic carbocycles. The van der Waals surface area contributed by atoms with Crippen LogP contribution in [0.1, 0.15) is 31.2 Å². The second kappa shape index (κ2) is 5.76. The number of hydrogen-bond donors (Lipinski definition) is 0. The Morgan fingerprint density at radius 3 is 2.14 bits per heavy atom. The lowest BCUT2D eigenvalue weighted by molar-refractivity contribution is 0.371. The Balaban J connectivity index is 1.96. The molecule has 2 heterocycles. The molecule has 1 aromatic carbocycles. The maximum absolute atomic E-state index is 13.7. The largest absolute Gasteiger partial charge is 0.259 e. The molecule has 1 saturated heterocycles. The number of hydrogen-bond acceptors (Lipinski definition) is 1. The lowest BCUT2D eigenvalue weighted by Gasteiger charge is -2.32. The van der Waals surface area contributed by atoms with Gasteiger partial charge in [-0.1, -0.05) is 18.1 Å². The monoisotopic (exact) mass is 336 g/mol. The highest BCUT2D eigenvalue weighted by atomic mass is 32.2. The number of allylic oxidation sites excluding steroid dienone is 1. The van der Waals surface area contributed by atoms with Gasteiger partial charge in [0.05, 0.1) is 5.25 Å². The summed E-state index contributed by atoms with van der Waals surface area (Å²) in [6, 6.07) is 0. The van der Waals surface area contributed by atoms with Gasteiger partial charge < -0.3 is 0 Å². The summed E-state index contributed by atoms with van der Waals surface area (Å²) >= 11 is 0. The predicted molar refractivity (Wildman–Crippen MR) is 72.2 cm³/mol. The third kappa shape index (κ3) is 2.49. The van der Waals surface area contributed by atoms with Crippen LogP contribution in [0.4, 0.5) is 22.0 Å². The molecule has 7 heteroatoms. The van der Waals surface area contributed by atoms with E-state index in [0.29, 0.717) is 12.0 Å². The molecule has 120 valence electrons. The maximum Gasteiger partial charge on any atom is 0.200 e. The summed E-state index contributed by atoms with van der Waals surface area (Å²) in [7, 11) is -1.01. The van der Waals surface area contributed by atoms with Crippen molar-refractivity contribution in [1.82, 2.24) is 0 Å². The Labute approximate surface area is 126 Å². The highest BCUT2D eigenvalue weighted by Crippen LogP contribution is 2.35. The van der Waals surface area contributed by atoms with E-state index in [-0.39, 0.29) is 16.9 Å². The van der Waals surface area contributed by atoms with E-state index >= 15 is 0 Å². The van der Waals surface area contributed by atoms with Gasteiger partial charge in [0.2, 0.25) is 5.82 Å². The third-order valence-corrected chi connectivity index (χ3v) is 6.29. The van der Waals surface area contributed by atoms with Crippen molar-refractivity contribution in [2.45, 2.75) is 42.6 Å². The zero-order chi connectivity index (χ0) is 16.0. The van der Waals surface area contributed by atoms with E-state index in [4.69, 9.17) is 0 Å². The van der Waals surface area contributed by atoms with Gasteiger partial charge in [0.15, 0.2) is 23.3 Å². The first-order chi connectivity index (χ1) is 10.4. The molecule has 2 bridgehead atoms. The van der Waals surface area contributed by atoms with Gasteiger partial charge >= 0.3 is 0 Å². The molecule has 0 radical (unpaired) electrons. The fourth-order valence-electron chi connectivity index (χ4n) is 3.15. The second-order valence-corrected chi connectivity index (χ2v) is 7.60. The average molecular weight is 336 g/mol. The summed E-state index contributed by atoms with van der Waals surface area (Å²) in [4.78, 5) is 0. The molecule has 0 aromatic heterocycles. The van der Waals surface area contributed by atoms with Gasteiger partial charge in [-0.05, 0) is 25.7 Å². The number of benzene rings is 1. The summed E-state index contributed by atoms with van der Waals surface area (Å²) in [5.74, 6) is -9.55. The van der Waals surface area contributed by atoms with Crippen LogP contribution in [0.25, 0.3) is 0 Å².